The second-order valence-electron chi connectivity index (χ2n) is 7.57. The number of carbonyl (C=O) groups excluding carboxylic acids is 2. The molecule has 0 aliphatic rings. The van der Waals surface area contributed by atoms with Gasteiger partial charge < -0.3 is 18.9 Å². The molecule has 216 valence electrons. The molecule has 0 spiro atoms. The average Bonchev–Trinajstić information content (AvgIpc) is 3.01. The second kappa shape index (κ2) is 20.6. The quantitative estimate of drug-likeness (QED) is 0.143. The Balaban J connectivity index is 0.00000237. The highest BCUT2D eigenvalue weighted by Gasteiger charge is 2.06. The van der Waals surface area contributed by atoms with Crippen molar-refractivity contribution in [2.75, 3.05) is 13.6 Å². The fourth-order valence-electron chi connectivity index (χ4n) is 2.89. The third-order valence-corrected chi connectivity index (χ3v) is 4.79. The van der Waals surface area contributed by atoms with Gasteiger partial charge in [-0.1, -0.05) is 103 Å². The largest absolute Gasteiger partial charge is 0.457 e. The Morgan fingerprint density at radius 3 is 0.950 bits per heavy atom. The summed E-state index contributed by atoms with van der Waals surface area (Å²) in [6.45, 7) is 21.9. The molecule has 0 aromatic heterocycles. The van der Waals surface area contributed by atoms with E-state index in [1.165, 1.54) is 0 Å². The normalized spacial score (nSPS) is 9.10. The predicted octanol–water partition coefficient (Wildman–Crippen LogP) is 9.01. The van der Waals surface area contributed by atoms with Gasteiger partial charge in [-0.15, -0.1) is 0 Å². The third kappa shape index (κ3) is 12.5. The molecule has 6 nitrogen and oxygen atoms in total. The molecule has 0 unspecified atom stereocenters. The fraction of sp³-hybridized carbons (Fsp3) is 0.294. The lowest BCUT2D eigenvalue weighted by molar-refractivity contribution is -0.146. The molecule has 0 heterocycles. The maximum atomic E-state index is 11.4. The Morgan fingerprint density at radius 1 is 0.500 bits per heavy atom. The molecule has 0 aliphatic heterocycles. The van der Waals surface area contributed by atoms with Crippen molar-refractivity contribution in [1.82, 2.24) is 0 Å². The molecular formula is C34H44O6. The van der Waals surface area contributed by atoms with Crippen molar-refractivity contribution < 1.29 is 28.5 Å². The monoisotopic (exact) mass is 548 g/mol. The topological polar surface area (TPSA) is 71.1 Å². The van der Waals surface area contributed by atoms with Crippen LogP contribution in [0, 0.1) is 0 Å². The molecule has 3 aromatic rings. The number of esters is 2. The van der Waals surface area contributed by atoms with Crippen LogP contribution in [0.2, 0.25) is 0 Å². The van der Waals surface area contributed by atoms with E-state index in [1.54, 1.807) is 13.8 Å². The molecule has 40 heavy (non-hydrogen) atoms. The zero-order chi connectivity index (χ0) is 30.5. The van der Waals surface area contributed by atoms with Gasteiger partial charge in [-0.05, 0) is 60.4 Å². The smallest absolute Gasteiger partial charge is 0.335 e. The van der Waals surface area contributed by atoms with E-state index in [-0.39, 0.29) is 13.6 Å². The first-order valence-corrected chi connectivity index (χ1v) is 13.6. The van der Waals surface area contributed by atoms with Crippen molar-refractivity contribution in [3.05, 3.63) is 97.1 Å². The van der Waals surface area contributed by atoms with E-state index in [0.29, 0.717) is 22.6 Å². The van der Waals surface area contributed by atoms with Crippen LogP contribution in [-0.4, -0.2) is 25.5 Å². The van der Waals surface area contributed by atoms with E-state index in [2.05, 4.69) is 13.2 Å². The number of hydrogen-bond donors (Lipinski definition) is 0. The van der Waals surface area contributed by atoms with Crippen molar-refractivity contribution in [2.24, 2.45) is 0 Å². The minimum atomic E-state index is -0.483. The van der Waals surface area contributed by atoms with E-state index in [4.69, 9.17) is 18.9 Å². The Morgan fingerprint density at radius 2 is 0.725 bits per heavy atom. The summed E-state index contributed by atoms with van der Waals surface area (Å²) in [5, 5.41) is 0. The lowest BCUT2D eigenvalue weighted by Gasteiger charge is -2.09. The van der Waals surface area contributed by atoms with Crippen LogP contribution in [-0.2, 0) is 19.1 Å². The number of rotatable bonds is 10. The Hall–Kier alpha value is -4.32. The molecule has 0 saturated heterocycles. The van der Waals surface area contributed by atoms with Gasteiger partial charge in [-0.2, -0.15) is 0 Å². The Bertz CT molecular complexity index is 1070. The summed E-state index contributed by atoms with van der Waals surface area (Å²) in [6, 6.07) is 23.2. The molecule has 0 aliphatic carbocycles. The zero-order valence-electron chi connectivity index (χ0n) is 25.2. The molecule has 0 N–H and O–H groups in total. The summed E-state index contributed by atoms with van der Waals surface area (Å²) in [5.74, 6) is 0.240. The van der Waals surface area contributed by atoms with Gasteiger partial charge in [0.05, 0.1) is 0 Å². The van der Waals surface area contributed by atoms with Crippen LogP contribution in [0.3, 0.4) is 0 Å². The number of benzene rings is 3. The predicted molar refractivity (Wildman–Crippen MR) is 164 cm³/mol. The summed E-state index contributed by atoms with van der Waals surface area (Å²) >= 11 is 0. The SMILES string of the molecule is C=C(C)C(=O)OCOc1ccc(-c2ccc(-c3ccc(OCOC(=O)C(=C)C)cc3)cc2)cc1.CC.CC.CC. The van der Waals surface area contributed by atoms with Gasteiger partial charge in [0.25, 0.3) is 0 Å². The van der Waals surface area contributed by atoms with Crippen molar-refractivity contribution in [1.29, 1.82) is 0 Å². The van der Waals surface area contributed by atoms with Crippen LogP contribution in [0.25, 0.3) is 22.3 Å². The fourth-order valence-corrected chi connectivity index (χ4v) is 2.89. The van der Waals surface area contributed by atoms with Crippen LogP contribution < -0.4 is 9.47 Å². The van der Waals surface area contributed by atoms with Crippen LogP contribution in [0.1, 0.15) is 55.4 Å². The van der Waals surface area contributed by atoms with Crippen LogP contribution in [0.15, 0.2) is 97.1 Å². The van der Waals surface area contributed by atoms with Crippen molar-refractivity contribution in [3.63, 3.8) is 0 Å². The van der Waals surface area contributed by atoms with Gasteiger partial charge in [0.2, 0.25) is 13.6 Å². The lowest BCUT2D eigenvalue weighted by Crippen LogP contribution is -2.10. The molecular weight excluding hydrogens is 504 g/mol. The Labute approximate surface area is 240 Å². The van der Waals surface area contributed by atoms with Crippen LogP contribution in [0.5, 0.6) is 11.5 Å². The molecule has 6 heteroatoms. The molecule has 0 amide bonds. The average molecular weight is 549 g/mol. The van der Waals surface area contributed by atoms with E-state index >= 15 is 0 Å². The van der Waals surface area contributed by atoms with E-state index < -0.39 is 11.9 Å². The van der Waals surface area contributed by atoms with Gasteiger partial charge in [-0.25, -0.2) is 9.59 Å². The summed E-state index contributed by atoms with van der Waals surface area (Å²) < 4.78 is 20.7. The standard InChI is InChI=1S/C28H26O6.3C2H6/c1-19(2)27(29)33-17-31-25-13-9-23(10-14-25)21-5-7-22(8-6-21)24-11-15-26(16-12-24)32-18-34-28(30)20(3)4;3*1-2/h5-16H,1,3,17-18H2,2,4H3;3*1-2H3. The molecule has 0 saturated carbocycles. The first kappa shape index (κ1) is 35.7. The van der Waals surface area contributed by atoms with Gasteiger partial charge in [0, 0.05) is 11.1 Å². The molecule has 0 radical (unpaired) electrons. The van der Waals surface area contributed by atoms with Crippen LogP contribution >= 0.6 is 0 Å². The minimum Gasteiger partial charge on any atom is -0.457 e. The first-order valence-electron chi connectivity index (χ1n) is 13.6. The van der Waals surface area contributed by atoms with E-state index in [0.717, 1.165) is 22.3 Å². The van der Waals surface area contributed by atoms with Gasteiger partial charge >= 0.3 is 11.9 Å². The van der Waals surface area contributed by atoms with Gasteiger partial charge in [-0.3, -0.25) is 0 Å². The van der Waals surface area contributed by atoms with E-state index in [9.17, 15) is 9.59 Å². The van der Waals surface area contributed by atoms with Crippen molar-refractivity contribution in [3.8, 4) is 33.8 Å². The minimum absolute atomic E-state index is 0.163. The third-order valence-electron chi connectivity index (χ3n) is 4.79. The zero-order valence-corrected chi connectivity index (χ0v) is 25.2. The Kier molecular flexibility index (Phi) is 18.4. The first-order chi connectivity index (χ1) is 19.3. The summed E-state index contributed by atoms with van der Waals surface area (Å²) in [5.41, 5.74) is 4.84. The summed E-state index contributed by atoms with van der Waals surface area (Å²) in [4.78, 5) is 22.8. The number of ether oxygens (including phenoxy) is 4. The number of hydrogen-bond acceptors (Lipinski definition) is 6. The maximum absolute atomic E-state index is 11.4. The maximum Gasteiger partial charge on any atom is 0.335 e. The number of carbonyl (C=O) groups is 2. The molecule has 0 atom stereocenters. The molecule has 3 rings (SSSR count). The molecule has 0 fully saturated rings. The van der Waals surface area contributed by atoms with Crippen molar-refractivity contribution in [2.45, 2.75) is 55.4 Å². The lowest BCUT2D eigenvalue weighted by atomic mass is 10.0. The highest BCUT2D eigenvalue weighted by atomic mass is 16.7. The molecule has 0 bridgehead atoms. The highest BCUT2D eigenvalue weighted by Crippen LogP contribution is 2.27. The van der Waals surface area contributed by atoms with E-state index in [1.807, 2.05) is 114 Å². The molecule has 3 aromatic carbocycles. The highest BCUT2D eigenvalue weighted by molar-refractivity contribution is 5.87. The van der Waals surface area contributed by atoms with Gasteiger partial charge in [0.15, 0.2) is 0 Å². The summed E-state index contributed by atoms with van der Waals surface area (Å²) in [7, 11) is 0. The second-order valence-corrected chi connectivity index (χ2v) is 7.57. The van der Waals surface area contributed by atoms with Crippen LogP contribution in [0.4, 0.5) is 0 Å². The van der Waals surface area contributed by atoms with Crippen molar-refractivity contribution >= 4 is 11.9 Å². The van der Waals surface area contributed by atoms with Gasteiger partial charge in [0.1, 0.15) is 11.5 Å². The summed E-state index contributed by atoms with van der Waals surface area (Å²) in [6.07, 6.45) is 0.